The number of nitrogens with zero attached hydrogens (tertiary/aromatic N) is 2. The second kappa shape index (κ2) is 9.53. The van der Waals surface area contributed by atoms with Crippen molar-refractivity contribution in [3.63, 3.8) is 0 Å². The largest absolute Gasteiger partial charge is 0.355 e. The molecule has 2 N–H and O–H groups in total. The summed E-state index contributed by atoms with van der Waals surface area (Å²) >= 11 is 0. The maximum Gasteiger partial charge on any atom is 0.238 e. The van der Waals surface area contributed by atoms with Crippen LogP contribution in [0.1, 0.15) is 26.3 Å². The van der Waals surface area contributed by atoms with E-state index in [1.807, 2.05) is 38.1 Å². The van der Waals surface area contributed by atoms with E-state index in [1.165, 1.54) is 0 Å². The Hall–Kier alpha value is -1.92. The molecule has 1 aliphatic rings. The normalized spacial score (nSPS) is 17.1. The number of carbonyl (C=O) groups excluding carboxylic acids is 2. The molecule has 6 nitrogen and oxygen atoms in total. The summed E-state index contributed by atoms with van der Waals surface area (Å²) in [5.41, 5.74) is 2.05. The van der Waals surface area contributed by atoms with E-state index in [9.17, 15) is 9.59 Å². The van der Waals surface area contributed by atoms with Gasteiger partial charge in [0.1, 0.15) is 0 Å². The molecule has 0 spiro atoms. The summed E-state index contributed by atoms with van der Waals surface area (Å²) in [7, 11) is 0. The van der Waals surface area contributed by atoms with Crippen molar-refractivity contribution in [2.75, 3.05) is 44.6 Å². The van der Waals surface area contributed by atoms with Gasteiger partial charge in [-0.15, -0.1) is 0 Å². The van der Waals surface area contributed by atoms with Crippen molar-refractivity contribution in [2.24, 2.45) is 0 Å². The van der Waals surface area contributed by atoms with Crippen molar-refractivity contribution >= 4 is 17.5 Å². The van der Waals surface area contributed by atoms with Crippen LogP contribution >= 0.6 is 0 Å². The number of rotatable bonds is 7. The van der Waals surface area contributed by atoms with Crippen molar-refractivity contribution < 1.29 is 9.59 Å². The maximum atomic E-state index is 12.3. The zero-order valence-corrected chi connectivity index (χ0v) is 15.5. The Balaban J connectivity index is 1.79. The van der Waals surface area contributed by atoms with Crippen LogP contribution in [0, 0.1) is 0 Å². The van der Waals surface area contributed by atoms with Gasteiger partial charge in [-0.3, -0.25) is 19.4 Å². The van der Waals surface area contributed by atoms with Gasteiger partial charge in [-0.2, -0.15) is 0 Å². The predicted octanol–water partition coefficient (Wildman–Crippen LogP) is 1.33. The molecule has 6 heteroatoms. The molecule has 25 heavy (non-hydrogen) atoms. The van der Waals surface area contributed by atoms with Gasteiger partial charge in [0.15, 0.2) is 0 Å². The summed E-state index contributed by atoms with van der Waals surface area (Å²) in [6, 6.07) is 7.80. The minimum absolute atomic E-state index is 0.0196. The number of benzene rings is 1. The number of piperazine rings is 1. The Kier molecular flexibility index (Phi) is 7.40. The van der Waals surface area contributed by atoms with Crippen LogP contribution < -0.4 is 10.6 Å². The average Bonchev–Trinajstić information content (AvgIpc) is 2.62. The number of anilines is 1. The second-order valence-corrected chi connectivity index (χ2v) is 6.44. The molecule has 0 aromatic heterocycles. The molecule has 138 valence electrons. The van der Waals surface area contributed by atoms with Crippen LogP contribution in [0.3, 0.4) is 0 Å². The third-order valence-electron chi connectivity index (χ3n) is 4.72. The van der Waals surface area contributed by atoms with Crippen molar-refractivity contribution in [2.45, 2.75) is 33.2 Å². The summed E-state index contributed by atoms with van der Waals surface area (Å²) < 4.78 is 0. The van der Waals surface area contributed by atoms with Gasteiger partial charge >= 0.3 is 0 Å². The molecule has 0 bridgehead atoms. The van der Waals surface area contributed by atoms with Gasteiger partial charge in [-0.1, -0.05) is 25.1 Å². The third-order valence-corrected chi connectivity index (χ3v) is 4.72. The third kappa shape index (κ3) is 5.54. The number of carbonyl (C=O) groups is 2. The van der Waals surface area contributed by atoms with E-state index in [4.69, 9.17) is 0 Å². The van der Waals surface area contributed by atoms with Crippen molar-refractivity contribution in [3.8, 4) is 0 Å². The predicted molar refractivity (Wildman–Crippen MR) is 101 cm³/mol. The van der Waals surface area contributed by atoms with Gasteiger partial charge in [0, 0.05) is 38.4 Å². The molecule has 1 heterocycles. The zero-order chi connectivity index (χ0) is 18.2. The van der Waals surface area contributed by atoms with E-state index in [0.29, 0.717) is 13.1 Å². The number of para-hydroxylation sites is 1. The number of nitrogens with one attached hydrogen (secondary N) is 2. The van der Waals surface area contributed by atoms with Gasteiger partial charge in [0.05, 0.1) is 12.6 Å². The lowest BCUT2D eigenvalue weighted by molar-refractivity contribution is -0.127. The molecule has 2 amide bonds. The smallest absolute Gasteiger partial charge is 0.238 e. The first-order valence-corrected chi connectivity index (χ1v) is 9.17. The van der Waals surface area contributed by atoms with E-state index in [2.05, 4.69) is 27.4 Å². The Morgan fingerprint density at radius 1 is 1.12 bits per heavy atom. The fourth-order valence-electron chi connectivity index (χ4n) is 3.14. The Labute approximate surface area is 150 Å². The summed E-state index contributed by atoms with van der Waals surface area (Å²) in [6.07, 6.45) is 0.896. The van der Waals surface area contributed by atoms with Crippen LogP contribution in [0.15, 0.2) is 24.3 Å². The van der Waals surface area contributed by atoms with Crippen molar-refractivity contribution in [1.82, 2.24) is 15.1 Å². The lowest BCUT2D eigenvalue weighted by Gasteiger charge is -2.37. The van der Waals surface area contributed by atoms with Crippen molar-refractivity contribution in [1.29, 1.82) is 0 Å². The minimum Gasteiger partial charge on any atom is -0.355 e. The molecule has 1 fully saturated rings. The Morgan fingerprint density at radius 3 is 2.44 bits per heavy atom. The van der Waals surface area contributed by atoms with Gasteiger partial charge in [0.2, 0.25) is 11.8 Å². The number of aryl methyl sites for hydroxylation is 1. The molecule has 0 unspecified atom stereocenters. The Morgan fingerprint density at radius 2 is 1.80 bits per heavy atom. The van der Waals surface area contributed by atoms with Gasteiger partial charge in [0.25, 0.3) is 0 Å². The van der Waals surface area contributed by atoms with Crippen molar-refractivity contribution in [3.05, 3.63) is 29.8 Å². The zero-order valence-electron chi connectivity index (χ0n) is 15.5. The Bertz CT molecular complexity index is 583. The second-order valence-electron chi connectivity index (χ2n) is 6.44. The van der Waals surface area contributed by atoms with Crippen LogP contribution in [0.25, 0.3) is 0 Å². The first-order chi connectivity index (χ1) is 12.0. The molecule has 2 rings (SSSR count). The number of hydrogen-bond acceptors (Lipinski definition) is 4. The number of hydrogen-bond donors (Lipinski definition) is 2. The van der Waals surface area contributed by atoms with Crippen LogP contribution in [0.2, 0.25) is 0 Å². The van der Waals surface area contributed by atoms with Crippen LogP contribution in [0.5, 0.6) is 0 Å². The van der Waals surface area contributed by atoms with Crippen LogP contribution in [0.4, 0.5) is 5.69 Å². The molecule has 1 saturated heterocycles. The lowest BCUT2D eigenvalue weighted by Crippen LogP contribution is -2.54. The van der Waals surface area contributed by atoms with Gasteiger partial charge in [-0.05, 0) is 31.9 Å². The first-order valence-electron chi connectivity index (χ1n) is 9.17. The fourth-order valence-corrected chi connectivity index (χ4v) is 3.14. The molecule has 0 aliphatic carbocycles. The number of amides is 2. The standard InChI is InChI=1S/C19H30N4O2/c1-4-16-8-6-7-9-17(16)21-18(24)14-22-10-12-23(13-11-22)15(3)19(25)20-5-2/h6-9,15H,4-5,10-14H2,1-3H3,(H,20,25)(H,21,24)/t15-/m1/s1. The molecule has 0 radical (unpaired) electrons. The first kappa shape index (κ1) is 19.4. The summed E-state index contributed by atoms with van der Waals surface area (Å²) in [5, 5.41) is 5.89. The van der Waals surface area contributed by atoms with E-state index in [-0.39, 0.29) is 17.9 Å². The summed E-state index contributed by atoms with van der Waals surface area (Å²) in [4.78, 5) is 28.6. The van der Waals surface area contributed by atoms with E-state index >= 15 is 0 Å². The molecule has 1 aromatic carbocycles. The topological polar surface area (TPSA) is 64.7 Å². The minimum atomic E-state index is -0.118. The monoisotopic (exact) mass is 346 g/mol. The lowest BCUT2D eigenvalue weighted by atomic mass is 10.1. The van der Waals surface area contributed by atoms with Crippen LogP contribution in [-0.4, -0.2) is 66.9 Å². The molecule has 0 saturated carbocycles. The van der Waals surface area contributed by atoms with E-state index < -0.39 is 0 Å². The molecular weight excluding hydrogens is 316 g/mol. The number of likely N-dealkylation sites (N-methyl/N-ethyl adjacent to an activating group) is 1. The average molecular weight is 346 g/mol. The molecular formula is C19H30N4O2. The highest BCUT2D eigenvalue weighted by Crippen LogP contribution is 2.15. The molecule has 1 atom stereocenters. The maximum absolute atomic E-state index is 12.3. The highest BCUT2D eigenvalue weighted by molar-refractivity contribution is 5.93. The van der Waals surface area contributed by atoms with Crippen LogP contribution in [-0.2, 0) is 16.0 Å². The summed E-state index contributed by atoms with van der Waals surface area (Å²) in [6.45, 7) is 10.2. The molecule has 1 aliphatic heterocycles. The molecule has 1 aromatic rings. The summed E-state index contributed by atoms with van der Waals surface area (Å²) in [5.74, 6) is 0.0935. The van der Waals surface area contributed by atoms with E-state index in [1.54, 1.807) is 0 Å². The highest BCUT2D eigenvalue weighted by Gasteiger charge is 2.25. The quantitative estimate of drug-likeness (QED) is 0.782. The SMILES string of the molecule is CCNC(=O)[C@@H](C)N1CCN(CC(=O)Nc2ccccc2CC)CC1. The fraction of sp³-hybridized carbons (Fsp3) is 0.579. The van der Waals surface area contributed by atoms with Gasteiger partial charge in [-0.25, -0.2) is 0 Å². The van der Waals surface area contributed by atoms with E-state index in [0.717, 1.165) is 43.9 Å². The van der Waals surface area contributed by atoms with Gasteiger partial charge < -0.3 is 10.6 Å². The highest BCUT2D eigenvalue weighted by atomic mass is 16.2.